The maximum Gasteiger partial charge on any atom is 0.307 e. The summed E-state index contributed by atoms with van der Waals surface area (Å²) in [6.45, 7) is 9.89. The first-order valence-electron chi connectivity index (χ1n) is 10.5. The lowest BCUT2D eigenvalue weighted by atomic mass is 9.92. The van der Waals surface area contributed by atoms with Crippen molar-refractivity contribution >= 4 is 17.2 Å². The van der Waals surface area contributed by atoms with E-state index in [-0.39, 0.29) is 0 Å². The Hall–Kier alpha value is -3.07. The number of nitrogens with zero attached hydrogens (tertiary/aromatic N) is 2. The molecule has 29 heavy (non-hydrogen) atoms. The quantitative estimate of drug-likeness (QED) is 0.543. The van der Waals surface area contributed by atoms with Gasteiger partial charge in [-0.3, -0.25) is 0 Å². The molecule has 0 atom stereocenters. The van der Waals surface area contributed by atoms with Gasteiger partial charge >= 0.3 is 5.84 Å². The van der Waals surface area contributed by atoms with E-state index in [1.807, 2.05) is 0 Å². The molecule has 0 saturated carbocycles. The van der Waals surface area contributed by atoms with Crippen LogP contribution in [0.4, 0.5) is 11.4 Å². The van der Waals surface area contributed by atoms with Gasteiger partial charge in [0, 0.05) is 11.1 Å². The standard InChI is InChI=1S/C26H29N3/c1-19(2)23-16-11-17-24(20(3)4)25(23)28-18-29(22-14-9-6-10-15-22)27-26(28)21-12-7-5-8-13-21/h5-17,19-20H,18H2,1-4H3/p+1. The van der Waals surface area contributed by atoms with Crippen LogP contribution in [0.1, 0.15) is 56.2 Å². The molecule has 0 aliphatic carbocycles. The maximum atomic E-state index is 3.68. The zero-order valence-electron chi connectivity index (χ0n) is 17.8. The van der Waals surface area contributed by atoms with Crippen molar-refractivity contribution in [2.75, 3.05) is 11.7 Å². The highest BCUT2D eigenvalue weighted by molar-refractivity contribution is 5.97. The number of rotatable bonds is 5. The highest BCUT2D eigenvalue weighted by Crippen LogP contribution is 2.36. The van der Waals surface area contributed by atoms with Gasteiger partial charge in [0.1, 0.15) is 5.69 Å². The Morgan fingerprint density at radius 1 is 0.724 bits per heavy atom. The number of hydrogen-bond acceptors (Lipinski definition) is 2. The van der Waals surface area contributed by atoms with Crippen molar-refractivity contribution in [1.29, 1.82) is 0 Å². The van der Waals surface area contributed by atoms with Crippen LogP contribution in [0.5, 0.6) is 0 Å². The molecule has 0 spiro atoms. The van der Waals surface area contributed by atoms with Crippen LogP contribution in [0.15, 0.2) is 78.9 Å². The summed E-state index contributed by atoms with van der Waals surface area (Å²) in [4.78, 5) is 0. The Morgan fingerprint density at radius 2 is 1.28 bits per heavy atom. The smallest absolute Gasteiger partial charge is 0.203 e. The minimum Gasteiger partial charge on any atom is -0.203 e. The number of benzene rings is 3. The third kappa shape index (κ3) is 3.77. The zero-order chi connectivity index (χ0) is 20.4. The van der Waals surface area contributed by atoms with Crippen molar-refractivity contribution in [2.24, 2.45) is 0 Å². The molecule has 0 radical (unpaired) electrons. The molecular formula is C26H30N3+. The predicted octanol–water partition coefficient (Wildman–Crippen LogP) is 6.01. The normalized spacial score (nSPS) is 14.1. The van der Waals surface area contributed by atoms with E-state index in [0.29, 0.717) is 11.8 Å². The van der Waals surface area contributed by atoms with E-state index in [1.54, 1.807) is 0 Å². The molecule has 0 fully saturated rings. The molecule has 1 aliphatic heterocycles. The lowest BCUT2D eigenvalue weighted by molar-refractivity contribution is -0.431. The van der Waals surface area contributed by atoms with Crippen LogP contribution in [0.25, 0.3) is 0 Å². The van der Waals surface area contributed by atoms with E-state index in [4.69, 9.17) is 0 Å². The van der Waals surface area contributed by atoms with Crippen molar-refractivity contribution < 1.29 is 4.58 Å². The van der Waals surface area contributed by atoms with E-state index in [2.05, 4.69) is 122 Å². The molecule has 148 valence electrons. The van der Waals surface area contributed by atoms with Crippen LogP contribution in [0.2, 0.25) is 0 Å². The molecule has 0 bridgehead atoms. The number of hydrazine groups is 1. The average Bonchev–Trinajstić information content (AvgIpc) is 3.19. The monoisotopic (exact) mass is 384 g/mol. The molecule has 4 rings (SSSR count). The van der Waals surface area contributed by atoms with Crippen LogP contribution in [0, 0.1) is 0 Å². The number of hydrogen-bond donors (Lipinski definition) is 1. The summed E-state index contributed by atoms with van der Waals surface area (Å²) in [6, 6.07) is 27.9. The minimum atomic E-state index is 0.450. The molecule has 1 N–H and O–H groups in total. The lowest BCUT2D eigenvalue weighted by Crippen LogP contribution is -2.36. The number of amidine groups is 1. The first kappa shape index (κ1) is 19.3. The second kappa shape index (κ2) is 8.12. The molecular weight excluding hydrogens is 354 g/mol. The first-order valence-corrected chi connectivity index (χ1v) is 10.5. The van der Waals surface area contributed by atoms with Gasteiger partial charge in [-0.1, -0.05) is 82.3 Å². The van der Waals surface area contributed by atoms with Gasteiger partial charge in [0.2, 0.25) is 0 Å². The largest absolute Gasteiger partial charge is 0.307 e. The third-order valence-corrected chi connectivity index (χ3v) is 5.52. The summed E-state index contributed by atoms with van der Waals surface area (Å²) in [5.41, 5.74) is 10.2. The van der Waals surface area contributed by atoms with Crippen LogP contribution < -0.4 is 10.4 Å². The van der Waals surface area contributed by atoms with Crippen LogP contribution in [0.3, 0.4) is 0 Å². The van der Waals surface area contributed by atoms with Crippen molar-refractivity contribution in [2.45, 2.75) is 39.5 Å². The molecule has 1 aliphatic rings. The van der Waals surface area contributed by atoms with Crippen LogP contribution in [-0.4, -0.2) is 17.1 Å². The predicted molar refractivity (Wildman–Crippen MR) is 122 cm³/mol. The molecule has 3 heteroatoms. The maximum absolute atomic E-state index is 3.68. The Morgan fingerprint density at radius 3 is 1.83 bits per heavy atom. The molecule has 3 nitrogen and oxygen atoms in total. The Labute approximate surface area is 174 Å². The molecule has 0 amide bonds. The SMILES string of the molecule is CC(C)c1cccc(C(C)C)c1[N+]1=C(c2ccccc2)NN(c2ccccc2)C1. The Kier molecular flexibility index (Phi) is 5.39. The number of nitrogens with one attached hydrogen (secondary N) is 1. The van der Waals surface area contributed by atoms with Crippen molar-refractivity contribution in [3.05, 3.63) is 95.6 Å². The minimum absolute atomic E-state index is 0.450. The highest BCUT2D eigenvalue weighted by atomic mass is 15.6. The van der Waals surface area contributed by atoms with Gasteiger partial charge in [0.05, 0.1) is 11.3 Å². The number of anilines is 1. The molecule has 3 aromatic carbocycles. The van der Waals surface area contributed by atoms with Gasteiger partial charge in [0.15, 0.2) is 6.67 Å². The second-order valence-corrected chi connectivity index (χ2v) is 8.25. The summed E-state index contributed by atoms with van der Waals surface area (Å²) < 4.78 is 2.45. The topological polar surface area (TPSA) is 18.3 Å². The van der Waals surface area contributed by atoms with E-state index >= 15 is 0 Å². The van der Waals surface area contributed by atoms with E-state index in [9.17, 15) is 0 Å². The zero-order valence-corrected chi connectivity index (χ0v) is 17.8. The molecule has 3 aromatic rings. The molecule has 0 unspecified atom stereocenters. The molecule has 0 saturated heterocycles. The van der Waals surface area contributed by atoms with Gasteiger partial charge in [0.25, 0.3) is 0 Å². The fourth-order valence-corrected chi connectivity index (χ4v) is 4.01. The van der Waals surface area contributed by atoms with Gasteiger partial charge in [-0.2, -0.15) is 10.4 Å². The van der Waals surface area contributed by atoms with Gasteiger partial charge in [-0.05, 0) is 36.1 Å². The molecule has 0 aromatic heterocycles. The Bertz CT molecular complexity index is 978. The van der Waals surface area contributed by atoms with E-state index < -0.39 is 0 Å². The summed E-state index contributed by atoms with van der Waals surface area (Å²) in [7, 11) is 0. The van der Waals surface area contributed by atoms with Crippen molar-refractivity contribution in [1.82, 2.24) is 5.43 Å². The third-order valence-electron chi connectivity index (χ3n) is 5.52. The first-order chi connectivity index (χ1) is 14.1. The number of para-hydroxylation sites is 2. The summed E-state index contributed by atoms with van der Waals surface area (Å²) in [5, 5.41) is 2.23. The second-order valence-electron chi connectivity index (χ2n) is 8.25. The lowest BCUT2D eigenvalue weighted by Gasteiger charge is -2.19. The summed E-state index contributed by atoms with van der Waals surface area (Å²) in [5.74, 6) is 2.03. The highest BCUT2D eigenvalue weighted by Gasteiger charge is 2.34. The van der Waals surface area contributed by atoms with Gasteiger partial charge < -0.3 is 0 Å². The summed E-state index contributed by atoms with van der Waals surface area (Å²) >= 11 is 0. The fraction of sp³-hybridized carbons (Fsp3) is 0.269. The van der Waals surface area contributed by atoms with Crippen molar-refractivity contribution in [3.8, 4) is 0 Å². The summed E-state index contributed by atoms with van der Waals surface area (Å²) in [6.07, 6.45) is 0. The van der Waals surface area contributed by atoms with Crippen LogP contribution >= 0.6 is 0 Å². The van der Waals surface area contributed by atoms with Crippen molar-refractivity contribution in [3.63, 3.8) is 0 Å². The average molecular weight is 385 g/mol. The fourth-order valence-electron chi connectivity index (χ4n) is 4.01. The molecule has 1 heterocycles. The Balaban J connectivity index is 1.91. The van der Waals surface area contributed by atoms with E-state index in [1.165, 1.54) is 22.4 Å². The van der Waals surface area contributed by atoms with Crippen LogP contribution in [-0.2, 0) is 0 Å². The van der Waals surface area contributed by atoms with Gasteiger partial charge in [-0.15, -0.1) is 0 Å². The van der Waals surface area contributed by atoms with Gasteiger partial charge in [-0.25, -0.2) is 4.58 Å². The van der Waals surface area contributed by atoms with E-state index in [0.717, 1.165) is 18.2 Å².